The van der Waals surface area contributed by atoms with E-state index in [4.69, 9.17) is 4.84 Å². The number of hydrogen-bond acceptors (Lipinski definition) is 4. The number of amides is 1. The quantitative estimate of drug-likeness (QED) is 0.866. The third kappa shape index (κ3) is 3.61. The first-order chi connectivity index (χ1) is 10.2. The normalized spacial score (nSPS) is 21.0. The molecule has 1 heterocycles. The minimum atomic E-state index is -0.138. The van der Waals surface area contributed by atoms with E-state index >= 15 is 0 Å². The van der Waals surface area contributed by atoms with Crippen LogP contribution in [0.2, 0.25) is 0 Å². The van der Waals surface area contributed by atoms with Gasteiger partial charge in [-0.25, -0.2) is 0 Å². The zero-order valence-corrected chi connectivity index (χ0v) is 12.3. The standard InChI is InChI=1S/C16H21N3O2/c1-19(13-7-8-13)10-9-17-16(20)14-11-15(21-18-14)12-5-3-2-4-6-12/h2-6,13,15H,7-11H2,1H3,(H,17,20)/t15-/m0/s1. The topological polar surface area (TPSA) is 53.9 Å². The molecule has 0 spiro atoms. The monoisotopic (exact) mass is 287 g/mol. The SMILES string of the molecule is CN(CCNC(=O)C1=NO[C@H](c2ccccc2)C1)C1CC1. The van der Waals surface area contributed by atoms with Gasteiger partial charge in [0, 0.05) is 25.6 Å². The maximum Gasteiger partial charge on any atom is 0.269 e. The van der Waals surface area contributed by atoms with Crippen molar-refractivity contribution < 1.29 is 9.63 Å². The van der Waals surface area contributed by atoms with Crippen molar-refractivity contribution >= 4 is 11.6 Å². The Kier molecular flexibility index (Phi) is 4.20. The van der Waals surface area contributed by atoms with Crippen molar-refractivity contribution in [2.24, 2.45) is 5.16 Å². The first kappa shape index (κ1) is 14.1. The van der Waals surface area contributed by atoms with Gasteiger partial charge in [-0.2, -0.15) is 0 Å². The largest absolute Gasteiger partial charge is 0.387 e. The molecule has 21 heavy (non-hydrogen) atoms. The minimum absolute atomic E-state index is 0.113. The van der Waals surface area contributed by atoms with Crippen molar-refractivity contribution in [3.63, 3.8) is 0 Å². The van der Waals surface area contributed by atoms with Gasteiger partial charge in [-0.3, -0.25) is 4.79 Å². The lowest BCUT2D eigenvalue weighted by Crippen LogP contribution is -2.37. The highest BCUT2D eigenvalue weighted by atomic mass is 16.6. The number of rotatable bonds is 6. The second-order valence-corrected chi connectivity index (χ2v) is 5.71. The Labute approximate surface area is 125 Å². The Balaban J connectivity index is 1.43. The van der Waals surface area contributed by atoms with Crippen molar-refractivity contribution in [1.29, 1.82) is 0 Å². The van der Waals surface area contributed by atoms with Crippen LogP contribution in [0.4, 0.5) is 0 Å². The molecule has 112 valence electrons. The maximum atomic E-state index is 12.0. The summed E-state index contributed by atoms with van der Waals surface area (Å²) in [6.07, 6.45) is 2.96. The number of carbonyl (C=O) groups excluding carboxylic acids is 1. The zero-order chi connectivity index (χ0) is 14.7. The lowest BCUT2D eigenvalue weighted by molar-refractivity contribution is -0.114. The highest BCUT2D eigenvalue weighted by Crippen LogP contribution is 2.27. The summed E-state index contributed by atoms with van der Waals surface area (Å²) in [5.74, 6) is -0.113. The number of likely N-dealkylation sites (N-methyl/N-ethyl adjacent to an activating group) is 1. The number of benzene rings is 1. The van der Waals surface area contributed by atoms with E-state index in [9.17, 15) is 4.79 Å². The van der Waals surface area contributed by atoms with E-state index in [1.165, 1.54) is 12.8 Å². The van der Waals surface area contributed by atoms with Gasteiger partial charge in [0.05, 0.1) is 0 Å². The smallest absolute Gasteiger partial charge is 0.269 e. The second kappa shape index (κ2) is 6.26. The van der Waals surface area contributed by atoms with Gasteiger partial charge in [-0.1, -0.05) is 35.5 Å². The average molecular weight is 287 g/mol. The molecule has 1 saturated carbocycles. The Morgan fingerprint density at radius 2 is 2.14 bits per heavy atom. The first-order valence-electron chi connectivity index (χ1n) is 7.50. The molecule has 1 amide bonds. The second-order valence-electron chi connectivity index (χ2n) is 5.71. The number of nitrogens with one attached hydrogen (secondary N) is 1. The molecular weight excluding hydrogens is 266 g/mol. The predicted octanol–water partition coefficient (Wildman–Crippen LogP) is 1.71. The molecule has 0 saturated heterocycles. The van der Waals surface area contributed by atoms with Gasteiger partial charge in [-0.05, 0) is 25.5 Å². The summed E-state index contributed by atoms with van der Waals surface area (Å²) in [6, 6.07) is 10.6. The summed E-state index contributed by atoms with van der Waals surface area (Å²) in [5.41, 5.74) is 1.54. The van der Waals surface area contributed by atoms with Gasteiger partial charge < -0.3 is 15.1 Å². The summed E-state index contributed by atoms with van der Waals surface area (Å²) >= 11 is 0. The van der Waals surface area contributed by atoms with Crippen LogP contribution >= 0.6 is 0 Å². The van der Waals surface area contributed by atoms with Crippen molar-refractivity contribution in [2.75, 3.05) is 20.1 Å². The Morgan fingerprint density at radius 3 is 2.86 bits per heavy atom. The third-order valence-corrected chi connectivity index (χ3v) is 4.02. The molecule has 1 fully saturated rings. The van der Waals surface area contributed by atoms with E-state index in [0.29, 0.717) is 18.7 Å². The minimum Gasteiger partial charge on any atom is -0.387 e. The maximum absolute atomic E-state index is 12.0. The van der Waals surface area contributed by atoms with E-state index in [1.807, 2.05) is 30.3 Å². The van der Waals surface area contributed by atoms with Crippen molar-refractivity contribution in [2.45, 2.75) is 31.4 Å². The van der Waals surface area contributed by atoms with Crippen LogP contribution in [0, 0.1) is 0 Å². The molecule has 0 radical (unpaired) electrons. The molecule has 1 aliphatic carbocycles. The van der Waals surface area contributed by atoms with E-state index in [0.717, 1.165) is 18.2 Å². The molecule has 0 bridgehead atoms. The fourth-order valence-electron chi connectivity index (χ4n) is 2.50. The fourth-order valence-corrected chi connectivity index (χ4v) is 2.50. The highest BCUT2D eigenvalue weighted by molar-refractivity contribution is 6.39. The van der Waals surface area contributed by atoms with Crippen molar-refractivity contribution in [3.05, 3.63) is 35.9 Å². The van der Waals surface area contributed by atoms with E-state index in [-0.39, 0.29) is 12.0 Å². The third-order valence-electron chi connectivity index (χ3n) is 4.02. The average Bonchev–Trinajstić information content (AvgIpc) is 3.25. The molecule has 0 unspecified atom stereocenters. The van der Waals surface area contributed by atoms with Crippen LogP contribution in [0.5, 0.6) is 0 Å². The van der Waals surface area contributed by atoms with Gasteiger partial charge in [0.2, 0.25) is 0 Å². The molecule has 5 nitrogen and oxygen atoms in total. The van der Waals surface area contributed by atoms with Crippen LogP contribution in [0.1, 0.15) is 30.9 Å². The molecule has 0 aromatic heterocycles. The van der Waals surface area contributed by atoms with Crippen LogP contribution in [-0.4, -0.2) is 42.7 Å². The van der Waals surface area contributed by atoms with E-state index in [1.54, 1.807) is 0 Å². The van der Waals surface area contributed by atoms with Gasteiger partial charge >= 0.3 is 0 Å². The van der Waals surface area contributed by atoms with Crippen molar-refractivity contribution in [3.8, 4) is 0 Å². The molecule has 3 rings (SSSR count). The van der Waals surface area contributed by atoms with Crippen LogP contribution < -0.4 is 5.32 Å². The Hall–Kier alpha value is -1.88. The van der Waals surface area contributed by atoms with Crippen LogP contribution in [0.25, 0.3) is 0 Å². The molecular formula is C16H21N3O2. The molecule has 1 atom stereocenters. The Morgan fingerprint density at radius 1 is 1.38 bits per heavy atom. The van der Waals surface area contributed by atoms with E-state index in [2.05, 4.69) is 22.4 Å². The highest BCUT2D eigenvalue weighted by Gasteiger charge is 2.28. The van der Waals surface area contributed by atoms with Gasteiger partial charge in [0.25, 0.3) is 5.91 Å². The number of oxime groups is 1. The molecule has 1 N–H and O–H groups in total. The zero-order valence-electron chi connectivity index (χ0n) is 12.3. The number of nitrogens with zero attached hydrogens (tertiary/aromatic N) is 2. The predicted molar refractivity (Wildman–Crippen MR) is 81.0 cm³/mol. The Bertz CT molecular complexity index is 526. The molecule has 1 aromatic rings. The summed E-state index contributed by atoms with van der Waals surface area (Å²) < 4.78 is 0. The molecule has 1 aromatic carbocycles. The number of carbonyl (C=O) groups is 1. The molecule has 5 heteroatoms. The van der Waals surface area contributed by atoms with Crippen molar-refractivity contribution in [1.82, 2.24) is 10.2 Å². The summed E-state index contributed by atoms with van der Waals surface area (Å²) in [4.78, 5) is 19.7. The first-order valence-corrected chi connectivity index (χ1v) is 7.50. The van der Waals surface area contributed by atoms with Crippen LogP contribution in [0.15, 0.2) is 35.5 Å². The van der Waals surface area contributed by atoms with Gasteiger partial charge in [0.15, 0.2) is 6.10 Å². The fraction of sp³-hybridized carbons (Fsp3) is 0.500. The van der Waals surface area contributed by atoms with Gasteiger partial charge in [-0.15, -0.1) is 0 Å². The van der Waals surface area contributed by atoms with E-state index < -0.39 is 0 Å². The summed E-state index contributed by atoms with van der Waals surface area (Å²) in [7, 11) is 2.10. The molecule has 2 aliphatic rings. The summed E-state index contributed by atoms with van der Waals surface area (Å²) in [5, 5.41) is 6.85. The van der Waals surface area contributed by atoms with Crippen LogP contribution in [0.3, 0.4) is 0 Å². The number of hydrogen-bond donors (Lipinski definition) is 1. The van der Waals surface area contributed by atoms with Crippen LogP contribution in [-0.2, 0) is 9.63 Å². The van der Waals surface area contributed by atoms with Gasteiger partial charge in [0.1, 0.15) is 5.71 Å². The lowest BCUT2D eigenvalue weighted by Gasteiger charge is -2.15. The summed E-state index contributed by atoms with van der Waals surface area (Å²) in [6.45, 7) is 1.54. The molecule has 1 aliphatic heterocycles. The lowest BCUT2D eigenvalue weighted by atomic mass is 10.0.